The number of nitrogens with one attached hydrogen (secondary N) is 1. The van der Waals surface area contributed by atoms with Crippen LogP contribution in [-0.2, 0) is 17.6 Å². The average molecular weight is 442 g/mol. The van der Waals surface area contributed by atoms with E-state index in [0.29, 0.717) is 30.5 Å². The van der Waals surface area contributed by atoms with Crippen LogP contribution in [0.5, 0.6) is 17.2 Å². The average Bonchev–Trinajstić information content (AvgIpc) is 2.77. The predicted octanol–water partition coefficient (Wildman–Crippen LogP) is 2.42. The fraction of sp³-hybridized carbons (Fsp3) is 0.348. The van der Waals surface area contributed by atoms with E-state index in [0.717, 1.165) is 0 Å². The molecule has 2 atom stereocenters. The van der Waals surface area contributed by atoms with Crippen LogP contribution in [0.4, 0.5) is 0 Å². The molecule has 0 fully saturated rings. The Morgan fingerprint density at radius 1 is 1.16 bits per heavy atom. The van der Waals surface area contributed by atoms with Gasteiger partial charge in [-0.25, -0.2) is 0 Å². The maximum absolute atomic E-state index is 13.2. The minimum Gasteiger partial charge on any atom is -0.507 e. The summed E-state index contributed by atoms with van der Waals surface area (Å²) in [4.78, 5) is 39.0. The summed E-state index contributed by atoms with van der Waals surface area (Å²) >= 11 is 4.26. The highest BCUT2D eigenvalue weighted by molar-refractivity contribution is 7.80. The number of hydrogen-bond acceptors (Lipinski definition) is 7. The van der Waals surface area contributed by atoms with Crippen molar-refractivity contribution in [3.05, 3.63) is 51.6 Å². The summed E-state index contributed by atoms with van der Waals surface area (Å²) in [5, 5.41) is 24.8. The molecular formula is C23H23NO6S. The number of amides is 1. The summed E-state index contributed by atoms with van der Waals surface area (Å²) in [5.41, 5.74) is 0.513. The first kappa shape index (κ1) is 21.2. The van der Waals surface area contributed by atoms with Gasteiger partial charge in [-0.2, -0.15) is 12.6 Å². The maximum Gasteiger partial charge on any atom is 0.223 e. The van der Waals surface area contributed by atoms with Crippen molar-refractivity contribution >= 4 is 30.1 Å². The standard InChI is InChI=1S/C23H23NO6S/c1-10(31)9-24-23(29)11-6-7-12-14(8-11)21(27)17-18(19(12)25)22(28)16-13(20(17)26)4-3-5-15(16)30-2/h3-5,10-11,25,27,31H,6-9H2,1-2H3,(H,24,29)/t10?,11-/m0/s1. The lowest BCUT2D eigenvalue weighted by molar-refractivity contribution is -0.125. The van der Waals surface area contributed by atoms with Crippen LogP contribution in [0.3, 0.4) is 0 Å². The molecule has 1 amide bonds. The second-order valence-corrected chi connectivity index (χ2v) is 8.86. The highest BCUT2D eigenvalue weighted by atomic mass is 32.1. The smallest absolute Gasteiger partial charge is 0.223 e. The zero-order chi connectivity index (χ0) is 22.4. The fourth-order valence-corrected chi connectivity index (χ4v) is 4.51. The number of ketones is 2. The predicted molar refractivity (Wildman–Crippen MR) is 117 cm³/mol. The summed E-state index contributed by atoms with van der Waals surface area (Å²) in [6.07, 6.45) is 0.922. The van der Waals surface area contributed by atoms with Gasteiger partial charge in [-0.1, -0.05) is 19.1 Å². The Balaban J connectivity index is 1.80. The molecule has 3 N–H and O–H groups in total. The van der Waals surface area contributed by atoms with E-state index in [-0.39, 0.29) is 57.1 Å². The number of hydrogen-bond donors (Lipinski definition) is 4. The summed E-state index contributed by atoms with van der Waals surface area (Å²) in [5.74, 6) is -2.12. The summed E-state index contributed by atoms with van der Waals surface area (Å²) < 4.78 is 5.24. The van der Waals surface area contributed by atoms with E-state index in [9.17, 15) is 24.6 Å². The van der Waals surface area contributed by atoms with Gasteiger partial charge in [0.2, 0.25) is 11.7 Å². The molecule has 2 aromatic carbocycles. The number of benzene rings is 2. The molecule has 0 aromatic heterocycles. The Bertz CT molecular complexity index is 1120. The van der Waals surface area contributed by atoms with E-state index in [1.54, 1.807) is 12.1 Å². The number of carbonyl (C=O) groups is 3. The van der Waals surface area contributed by atoms with Gasteiger partial charge in [-0.05, 0) is 25.3 Å². The lowest BCUT2D eigenvalue weighted by Crippen LogP contribution is -2.37. The zero-order valence-corrected chi connectivity index (χ0v) is 18.1. The van der Waals surface area contributed by atoms with Crippen LogP contribution in [0.25, 0.3) is 0 Å². The third-order valence-electron chi connectivity index (χ3n) is 5.97. The van der Waals surface area contributed by atoms with Crippen molar-refractivity contribution in [2.24, 2.45) is 5.92 Å². The normalized spacial score (nSPS) is 18.0. The number of carbonyl (C=O) groups excluding carboxylic acids is 3. The molecule has 0 saturated carbocycles. The quantitative estimate of drug-likeness (QED) is 0.365. The monoisotopic (exact) mass is 441 g/mol. The number of aromatic hydroxyl groups is 2. The van der Waals surface area contributed by atoms with Gasteiger partial charge in [-0.3, -0.25) is 14.4 Å². The lowest BCUT2D eigenvalue weighted by Gasteiger charge is -2.29. The van der Waals surface area contributed by atoms with Gasteiger partial charge < -0.3 is 20.3 Å². The van der Waals surface area contributed by atoms with Crippen molar-refractivity contribution in [3.63, 3.8) is 0 Å². The third-order valence-corrected chi connectivity index (χ3v) is 6.15. The first-order valence-electron chi connectivity index (χ1n) is 10.1. The molecule has 31 heavy (non-hydrogen) atoms. The van der Waals surface area contributed by atoms with Gasteiger partial charge in [-0.15, -0.1) is 0 Å². The van der Waals surface area contributed by atoms with E-state index < -0.39 is 17.5 Å². The van der Waals surface area contributed by atoms with Crippen LogP contribution < -0.4 is 10.1 Å². The van der Waals surface area contributed by atoms with Gasteiger partial charge in [0.1, 0.15) is 17.2 Å². The molecule has 4 rings (SSSR count). The van der Waals surface area contributed by atoms with Crippen LogP contribution in [0.15, 0.2) is 18.2 Å². The molecule has 0 heterocycles. The summed E-state index contributed by atoms with van der Waals surface area (Å²) in [6.45, 7) is 2.28. The van der Waals surface area contributed by atoms with Gasteiger partial charge in [0.25, 0.3) is 0 Å². The molecule has 2 aliphatic carbocycles. The second-order valence-electron chi connectivity index (χ2n) is 7.98. The molecule has 0 radical (unpaired) electrons. The molecule has 1 unspecified atom stereocenters. The Hall–Kier alpha value is -3.00. The Morgan fingerprint density at radius 2 is 1.84 bits per heavy atom. The van der Waals surface area contributed by atoms with Crippen LogP contribution >= 0.6 is 12.6 Å². The summed E-state index contributed by atoms with van der Waals surface area (Å²) in [7, 11) is 1.40. The van der Waals surface area contributed by atoms with Crippen molar-refractivity contribution in [1.29, 1.82) is 0 Å². The maximum atomic E-state index is 13.2. The number of fused-ring (bicyclic) bond motifs is 3. The Morgan fingerprint density at radius 3 is 2.52 bits per heavy atom. The van der Waals surface area contributed by atoms with Crippen LogP contribution in [0, 0.1) is 5.92 Å². The molecule has 0 saturated heterocycles. The van der Waals surface area contributed by atoms with E-state index in [2.05, 4.69) is 17.9 Å². The van der Waals surface area contributed by atoms with Crippen LogP contribution in [-0.4, -0.2) is 46.6 Å². The van der Waals surface area contributed by atoms with E-state index in [1.165, 1.54) is 13.2 Å². The Labute approximate surface area is 184 Å². The minimum atomic E-state index is -0.569. The minimum absolute atomic E-state index is 0.00462. The largest absolute Gasteiger partial charge is 0.507 e. The number of methoxy groups -OCH3 is 1. The zero-order valence-electron chi connectivity index (χ0n) is 17.2. The van der Waals surface area contributed by atoms with Gasteiger partial charge in [0, 0.05) is 34.4 Å². The first-order valence-corrected chi connectivity index (χ1v) is 10.6. The summed E-state index contributed by atoms with van der Waals surface area (Å²) in [6, 6.07) is 4.65. The number of rotatable bonds is 4. The highest BCUT2D eigenvalue weighted by Gasteiger charge is 2.41. The van der Waals surface area contributed by atoms with Crippen molar-refractivity contribution in [2.45, 2.75) is 31.4 Å². The fourth-order valence-electron chi connectivity index (χ4n) is 4.42. The number of phenolic OH excluding ortho intramolecular Hbond substituents is 2. The van der Waals surface area contributed by atoms with Crippen LogP contribution in [0.1, 0.15) is 56.3 Å². The van der Waals surface area contributed by atoms with Crippen molar-refractivity contribution in [2.75, 3.05) is 13.7 Å². The third kappa shape index (κ3) is 3.35. The molecule has 0 bridgehead atoms. The van der Waals surface area contributed by atoms with Gasteiger partial charge in [0.15, 0.2) is 5.78 Å². The molecule has 2 aromatic rings. The number of phenols is 2. The highest BCUT2D eigenvalue weighted by Crippen LogP contribution is 2.47. The molecule has 8 heteroatoms. The SMILES string of the molecule is COc1cccc2c1C(=O)c1c(O)c3c(c(O)c1C2=O)C[C@@H](C(=O)NCC(C)S)CC3. The van der Waals surface area contributed by atoms with Gasteiger partial charge in [0.05, 0.1) is 23.8 Å². The van der Waals surface area contributed by atoms with Crippen molar-refractivity contribution < 1.29 is 29.3 Å². The lowest BCUT2D eigenvalue weighted by atomic mass is 9.75. The van der Waals surface area contributed by atoms with Crippen molar-refractivity contribution in [1.82, 2.24) is 5.32 Å². The second kappa shape index (κ2) is 7.92. The van der Waals surface area contributed by atoms with Crippen molar-refractivity contribution in [3.8, 4) is 17.2 Å². The van der Waals surface area contributed by atoms with Crippen LogP contribution in [0.2, 0.25) is 0 Å². The van der Waals surface area contributed by atoms with Gasteiger partial charge >= 0.3 is 0 Å². The molecular weight excluding hydrogens is 418 g/mol. The van der Waals surface area contributed by atoms with E-state index in [1.807, 2.05) is 6.92 Å². The van der Waals surface area contributed by atoms with E-state index in [4.69, 9.17) is 4.74 Å². The molecule has 162 valence electrons. The molecule has 0 aliphatic heterocycles. The first-order chi connectivity index (χ1) is 14.8. The molecule has 2 aliphatic rings. The Kier molecular flexibility index (Phi) is 5.43. The number of thiol groups is 1. The van der Waals surface area contributed by atoms with E-state index >= 15 is 0 Å². The molecule has 0 spiro atoms. The number of ether oxygens (including phenoxy) is 1. The topological polar surface area (TPSA) is 113 Å². The molecule has 7 nitrogen and oxygen atoms in total.